The summed E-state index contributed by atoms with van der Waals surface area (Å²) in [6.45, 7) is 3.27. The second kappa shape index (κ2) is 6.40. The number of halogens is 1. The monoisotopic (exact) mass is 321 g/mol. The highest BCUT2D eigenvalue weighted by atomic mass is 79.9. The number of rotatable bonds is 3. The summed E-state index contributed by atoms with van der Waals surface area (Å²) >= 11 is 3.42. The van der Waals surface area contributed by atoms with Gasteiger partial charge in [0.1, 0.15) is 6.07 Å². The van der Waals surface area contributed by atoms with Crippen molar-refractivity contribution in [2.45, 2.75) is 12.8 Å². The molecule has 0 atom stereocenters. The molecule has 1 fully saturated rings. The second-order valence-corrected chi connectivity index (χ2v) is 6.38. The number of piperidine rings is 1. The Morgan fingerprint density at radius 3 is 2.63 bits per heavy atom. The van der Waals surface area contributed by atoms with E-state index in [1.54, 1.807) is 0 Å². The molecule has 1 aliphatic heterocycles. The van der Waals surface area contributed by atoms with Crippen LogP contribution in [0.1, 0.15) is 18.4 Å². The van der Waals surface area contributed by atoms with E-state index in [1.165, 1.54) is 19.4 Å². The van der Waals surface area contributed by atoms with Crippen molar-refractivity contribution in [3.63, 3.8) is 0 Å². The lowest BCUT2D eigenvalue weighted by Gasteiger charge is -2.35. The molecule has 0 bridgehead atoms. The molecule has 3 nitrogen and oxygen atoms in total. The van der Waals surface area contributed by atoms with Gasteiger partial charge in [0.2, 0.25) is 0 Å². The molecule has 19 heavy (non-hydrogen) atoms. The zero-order valence-electron chi connectivity index (χ0n) is 11.6. The molecule has 0 aromatic heterocycles. The van der Waals surface area contributed by atoms with Crippen molar-refractivity contribution in [2.75, 3.05) is 38.6 Å². The van der Waals surface area contributed by atoms with E-state index in [2.05, 4.69) is 52.0 Å². The van der Waals surface area contributed by atoms with Crippen LogP contribution in [0, 0.1) is 17.2 Å². The standard InChI is InChI=1S/C15H20BrN3/c1-18(2)11-12-5-7-19(8-6-12)15-4-3-14(16)9-13(15)10-17/h3-4,9,12H,5-8,11H2,1-2H3. The fraction of sp³-hybridized carbons (Fsp3) is 0.533. The summed E-state index contributed by atoms with van der Waals surface area (Å²) < 4.78 is 0.968. The van der Waals surface area contributed by atoms with Crippen molar-refractivity contribution < 1.29 is 0 Å². The Morgan fingerprint density at radius 2 is 2.05 bits per heavy atom. The van der Waals surface area contributed by atoms with Crippen molar-refractivity contribution in [3.05, 3.63) is 28.2 Å². The Balaban J connectivity index is 2.04. The zero-order chi connectivity index (χ0) is 13.8. The van der Waals surface area contributed by atoms with Crippen molar-refractivity contribution in [1.82, 2.24) is 4.90 Å². The first-order valence-corrected chi connectivity index (χ1v) is 7.49. The molecule has 0 radical (unpaired) electrons. The number of nitriles is 1. The predicted octanol–water partition coefficient (Wildman–Crippen LogP) is 3.10. The maximum atomic E-state index is 9.24. The molecular weight excluding hydrogens is 302 g/mol. The summed E-state index contributed by atoms with van der Waals surface area (Å²) in [6, 6.07) is 8.27. The number of nitrogens with zero attached hydrogens (tertiary/aromatic N) is 3. The van der Waals surface area contributed by atoms with E-state index in [1.807, 2.05) is 12.1 Å². The average Bonchev–Trinajstić information content (AvgIpc) is 2.39. The van der Waals surface area contributed by atoms with Gasteiger partial charge in [-0.1, -0.05) is 15.9 Å². The van der Waals surface area contributed by atoms with Gasteiger partial charge in [-0.05, 0) is 51.1 Å². The Hall–Kier alpha value is -1.05. The van der Waals surface area contributed by atoms with Crippen molar-refractivity contribution in [3.8, 4) is 6.07 Å². The van der Waals surface area contributed by atoms with Crippen LogP contribution < -0.4 is 4.90 Å². The van der Waals surface area contributed by atoms with Crippen LogP contribution in [-0.4, -0.2) is 38.6 Å². The Kier molecular flexibility index (Phi) is 4.84. The SMILES string of the molecule is CN(C)CC1CCN(c2ccc(Br)cc2C#N)CC1. The Morgan fingerprint density at radius 1 is 1.37 bits per heavy atom. The van der Waals surface area contributed by atoms with Crippen LogP contribution in [-0.2, 0) is 0 Å². The molecule has 0 N–H and O–H groups in total. The smallest absolute Gasteiger partial charge is 0.101 e. The van der Waals surface area contributed by atoms with Crippen molar-refractivity contribution in [1.29, 1.82) is 5.26 Å². The molecule has 1 aliphatic rings. The van der Waals surface area contributed by atoms with Gasteiger partial charge in [0.05, 0.1) is 11.3 Å². The van der Waals surface area contributed by atoms with Gasteiger partial charge >= 0.3 is 0 Å². The fourth-order valence-corrected chi connectivity index (χ4v) is 3.11. The fourth-order valence-electron chi connectivity index (χ4n) is 2.75. The van der Waals surface area contributed by atoms with Crippen LogP contribution >= 0.6 is 15.9 Å². The molecule has 1 aromatic rings. The third-order valence-electron chi connectivity index (χ3n) is 3.66. The second-order valence-electron chi connectivity index (χ2n) is 5.47. The van der Waals surface area contributed by atoms with Gasteiger partial charge in [0.25, 0.3) is 0 Å². The van der Waals surface area contributed by atoms with Gasteiger partial charge in [-0.25, -0.2) is 0 Å². The molecule has 4 heteroatoms. The molecular formula is C15H20BrN3. The van der Waals surface area contributed by atoms with E-state index in [9.17, 15) is 5.26 Å². The molecule has 0 unspecified atom stereocenters. The van der Waals surface area contributed by atoms with E-state index in [4.69, 9.17) is 0 Å². The van der Waals surface area contributed by atoms with Gasteiger partial charge in [0, 0.05) is 24.1 Å². The third kappa shape index (κ3) is 3.71. The minimum absolute atomic E-state index is 0.764. The minimum atomic E-state index is 0.764. The topological polar surface area (TPSA) is 30.3 Å². The number of benzene rings is 1. The third-order valence-corrected chi connectivity index (χ3v) is 4.15. The van der Waals surface area contributed by atoms with Crippen LogP contribution in [0.25, 0.3) is 0 Å². The average molecular weight is 322 g/mol. The largest absolute Gasteiger partial charge is 0.370 e. The molecule has 0 amide bonds. The minimum Gasteiger partial charge on any atom is -0.370 e. The van der Waals surface area contributed by atoms with Gasteiger partial charge in [0.15, 0.2) is 0 Å². The molecule has 1 saturated heterocycles. The number of anilines is 1. The summed E-state index contributed by atoms with van der Waals surface area (Å²) in [7, 11) is 4.27. The molecule has 0 aliphatic carbocycles. The van der Waals surface area contributed by atoms with Crippen LogP contribution in [0.3, 0.4) is 0 Å². The highest BCUT2D eigenvalue weighted by Gasteiger charge is 2.21. The van der Waals surface area contributed by atoms with E-state index >= 15 is 0 Å². The van der Waals surface area contributed by atoms with Gasteiger partial charge in [-0.15, -0.1) is 0 Å². The first-order valence-electron chi connectivity index (χ1n) is 6.69. The Labute approximate surface area is 123 Å². The van der Waals surface area contributed by atoms with Gasteiger partial charge < -0.3 is 9.80 Å². The molecule has 0 spiro atoms. The maximum Gasteiger partial charge on any atom is 0.101 e. The Bertz CT molecular complexity index is 471. The highest BCUT2D eigenvalue weighted by molar-refractivity contribution is 9.10. The summed E-state index contributed by atoms with van der Waals surface area (Å²) in [5, 5.41) is 9.24. The quantitative estimate of drug-likeness (QED) is 0.857. The summed E-state index contributed by atoms with van der Waals surface area (Å²) in [4.78, 5) is 4.61. The lowest BCUT2D eigenvalue weighted by molar-refractivity contribution is 0.285. The molecule has 102 valence electrons. The predicted molar refractivity (Wildman–Crippen MR) is 82.3 cm³/mol. The first kappa shape index (κ1) is 14.4. The van der Waals surface area contributed by atoms with Crippen molar-refractivity contribution in [2.24, 2.45) is 5.92 Å². The van der Waals surface area contributed by atoms with Crippen LogP contribution in [0.4, 0.5) is 5.69 Å². The van der Waals surface area contributed by atoms with Crippen molar-refractivity contribution >= 4 is 21.6 Å². The van der Waals surface area contributed by atoms with E-state index in [-0.39, 0.29) is 0 Å². The summed E-state index contributed by atoms with van der Waals surface area (Å²) in [6.07, 6.45) is 2.41. The lowest BCUT2D eigenvalue weighted by atomic mass is 9.95. The lowest BCUT2D eigenvalue weighted by Crippen LogP contribution is -2.37. The van der Waals surface area contributed by atoms with Gasteiger partial charge in [-0.2, -0.15) is 5.26 Å². The van der Waals surface area contributed by atoms with Gasteiger partial charge in [-0.3, -0.25) is 0 Å². The summed E-state index contributed by atoms with van der Waals surface area (Å²) in [5.41, 5.74) is 1.84. The number of hydrogen-bond acceptors (Lipinski definition) is 3. The number of hydrogen-bond donors (Lipinski definition) is 0. The molecule has 0 saturated carbocycles. The first-order chi connectivity index (χ1) is 9.10. The van der Waals surface area contributed by atoms with E-state index in [0.29, 0.717) is 0 Å². The zero-order valence-corrected chi connectivity index (χ0v) is 13.2. The maximum absolute atomic E-state index is 9.24. The molecule has 1 heterocycles. The normalized spacial score (nSPS) is 16.7. The summed E-state index contributed by atoms with van der Waals surface area (Å²) in [5.74, 6) is 0.784. The van der Waals surface area contributed by atoms with Crippen LogP contribution in [0.2, 0.25) is 0 Å². The highest BCUT2D eigenvalue weighted by Crippen LogP contribution is 2.28. The van der Waals surface area contributed by atoms with Crippen LogP contribution in [0.5, 0.6) is 0 Å². The molecule has 1 aromatic carbocycles. The van der Waals surface area contributed by atoms with E-state index < -0.39 is 0 Å². The van der Waals surface area contributed by atoms with Crippen LogP contribution in [0.15, 0.2) is 22.7 Å². The molecule has 2 rings (SSSR count). The van der Waals surface area contributed by atoms with E-state index in [0.717, 1.165) is 34.7 Å².